The van der Waals surface area contributed by atoms with E-state index in [1.807, 2.05) is 0 Å². The minimum atomic E-state index is 0.344. The van der Waals surface area contributed by atoms with Crippen molar-refractivity contribution in [3.05, 3.63) is 12.2 Å². The van der Waals surface area contributed by atoms with Crippen LogP contribution in [0.5, 0.6) is 0 Å². The van der Waals surface area contributed by atoms with Crippen molar-refractivity contribution in [1.82, 2.24) is 0 Å². The Morgan fingerprint density at radius 1 is 1.50 bits per heavy atom. The first-order chi connectivity index (χ1) is 4.83. The van der Waals surface area contributed by atoms with Gasteiger partial charge in [-0.25, -0.2) is 0 Å². The predicted octanol–water partition coefficient (Wildman–Crippen LogP) is 1.54. The maximum absolute atomic E-state index is 9.32. The van der Waals surface area contributed by atoms with Crippen LogP contribution in [0.2, 0.25) is 0 Å². The Bertz CT molecular complexity index is 75.3. The number of hydrogen-bond donors (Lipinski definition) is 1. The average Bonchev–Trinajstić information content (AvgIpc) is 1.93. The van der Waals surface area contributed by atoms with Gasteiger partial charge in [-0.05, 0) is 19.4 Å². The Labute approximate surface area is 62.6 Å². The molecule has 0 unspecified atom stereocenters. The van der Waals surface area contributed by atoms with E-state index in [-0.39, 0.29) is 0 Å². The second-order valence-corrected chi connectivity index (χ2v) is 1.74. The van der Waals surface area contributed by atoms with Crippen molar-refractivity contribution in [3.63, 3.8) is 0 Å². The molecule has 0 spiro atoms. The van der Waals surface area contributed by atoms with Crippen LogP contribution < -0.4 is 0 Å². The van der Waals surface area contributed by atoms with Gasteiger partial charge in [-0.1, -0.05) is 19.4 Å². The van der Waals surface area contributed by atoms with Crippen LogP contribution >= 0.6 is 0 Å². The smallest absolute Gasteiger partial charge is 0.142 e. The van der Waals surface area contributed by atoms with E-state index in [1.54, 1.807) is 13.0 Å². The standard InChI is InChI=1S/C4H10O.C4H6O/c2*1-2-3-4-5/h5H,2-4H2,1H3;2-4H,1H3. The van der Waals surface area contributed by atoms with E-state index in [0.29, 0.717) is 6.61 Å². The van der Waals surface area contributed by atoms with Gasteiger partial charge in [0.15, 0.2) is 0 Å². The number of aldehydes is 1. The Morgan fingerprint density at radius 3 is 2.10 bits per heavy atom. The van der Waals surface area contributed by atoms with Crippen molar-refractivity contribution < 1.29 is 9.90 Å². The number of carbonyl (C=O) groups is 1. The van der Waals surface area contributed by atoms with Crippen LogP contribution in [0.25, 0.3) is 0 Å². The van der Waals surface area contributed by atoms with Crippen molar-refractivity contribution in [2.75, 3.05) is 6.61 Å². The monoisotopic (exact) mass is 144 g/mol. The maximum Gasteiger partial charge on any atom is 0.142 e. The number of carbonyl (C=O) groups excluding carboxylic acids is 1. The van der Waals surface area contributed by atoms with Gasteiger partial charge in [0.2, 0.25) is 0 Å². The van der Waals surface area contributed by atoms with Gasteiger partial charge in [0.1, 0.15) is 6.29 Å². The number of aliphatic hydroxyl groups is 1. The summed E-state index contributed by atoms with van der Waals surface area (Å²) in [6.07, 6.45) is 5.92. The van der Waals surface area contributed by atoms with Crippen molar-refractivity contribution in [1.29, 1.82) is 0 Å². The van der Waals surface area contributed by atoms with Gasteiger partial charge in [-0.2, -0.15) is 0 Å². The molecule has 0 aromatic rings. The van der Waals surface area contributed by atoms with Crippen molar-refractivity contribution in [2.24, 2.45) is 0 Å². The summed E-state index contributed by atoms with van der Waals surface area (Å²) in [6, 6.07) is 0. The second kappa shape index (κ2) is 15.8. The highest BCUT2D eigenvalue weighted by molar-refractivity contribution is 5.64. The molecule has 0 bridgehead atoms. The molecule has 0 saturated carbocycles. The molecule has 2 heteroatoms. The second-order valence-electron chi connectivity index (χ2n) is 1.74. The van der Waals surface area contributed by atoms with Gasteiger partial charge in [0.25, 0.3) is 0 Å². The number of hydrogen-bond acceptors (Lipinski definition) is 2. The van der Waals surface area contributed by atoms with E-state index in [9.17, 15) is 4.79 Å². The van der Waals surface area contributed by atoms with Crippen LogP contribution in [-0.2, 0) is 4.79 Å². The van der Waals surface area contributed by atoms with Gasteiger partial charge >= 0.3 is 0 Å². The van der Waals surface area contributed by atoms with Gasteiger partial charge in [-0.15, -0.1) is 0 Å². The van der Waals surface area contributed by atoms with Gasteiger partial charge in [-0.3, -0.25) is 4.79 Å². The highest BCUT2D eigenvalue weighted by atomic mass is 16.2. The van der Waals surface area contributed by atoms with Gasteiger partial charge in [0, 0.05) is 6.61 Å². The third kappa shape index (κ3) is 26.3. The molecule has 0 radical (unpaired) electrons. The van der Waals surface area contributed by atoms with E-state index in [2.05, 4.69) is 6.92 Å². The summed E-state index contributed by atoms with van der Waals surface area (Å²) in [5.41, 5.74) is 0. The van der Waals surface area contributed by atoms with E-state index in [0.717, 1.165) is 19.1 Å². The molecule has 0 aromatic heterocycles. The predicted molar refractivity (Wildman–Crippen MR) is 42.9 cm³/mol. The molecule has 1 N–H and O–H groups in total. The maximum atomic E-state index is 9.32. The van der Waals surface area contributed by atoms with E-state index < -0.39 is 0 Å². The Kier molecular flexibility index (Phi) is 19.1. The number of rotatable bonds is 3. The Hall–Kier alpha value is -0.630. The number of allylic oxidation sites excluding steroid dienone is 2. The van der Waals surface area contributed by atoms with Crippen molar-refractivity contribution in [3.8, 4) is 0 Å². The molecular weight excluding hydrogens is 128 g/mol. The lowest BCUT2D eigenvalue weighted by molar-refractivity contribution is -0.104. The van der Waals surface area contributed by atoms with Crippen LogP contribution in [0, 0.1) is 0 Å². The summed E-state index contributed by atoms with van der Waals surface area (Å²) >= 11 is 0. The topological polar surface area (TPSA) is 37.3 Å². The fourth-order valence-electron chi connectivity index (χ4n) is 0.237. The summed E-state index contributed by atoms with van der Waals surface area (Å²) in [7, 11) is 0. The van der Waals surface area contributed by atoms with Crippen LogP contribution in [0.15, 0.2) is 12.2 Å². The molecule has 0 aliphatic carbocycles. The molecule has 0 aromatic carbocycles. The molecule has 0 aliphatic rings. The lowest BCUT2D eigenvalue weighted by atomic mass is 10.4. The minimum Gasteiger partial charge on any atom is -0.396 e. The third-order valence-electron chi connectivity index (χ3n) is 0.783. The highest BCUT2D eigenvalue weighted by Gasteiger charge is 1.69. The van der Waals surface area contributed by atoms with Crippen LogP contribution in [0.3, 0.4) is 0 Å². The Morgan fingerprint density at radius 2 is 2.10 bits per heavy atom. The lowest BCUT2D eigenvalue weighted by Gasteiger charge is -1.79. The minimum absolute atomic E-state index is 0.344. The van der Waals surface area contributed by atoms with Gasteiger partial charge < -0.3 is 5.11 Å². The summed E-state index contributed by atoms with van der Waals surface area (Å²) in [5, 5.41) is 8.07. The molecule has 2 nitrogen and oxygen atoms in total. The summed E-state index contributed by atoms with van der Waals surface area (Å²) in [4.78, 5) is 9.32. The molecule has 0 rings (SSSR count). The summed E-state index contributed by atoms with van der Waals surface area (Å²) in [6.45, 7) is 4.20. The van der Waals surface area contributed by atoms with Crippen molar-refractivity contribution in [2.45, 2.75) is 26.7 Å². The fourth-order valence-corrected chi connectivity index (χ4v) is 0.237. The summed E-state index contributed by atoms with van der Waals surface area (Å²) in [5.74, 6) is 0. The molecular formula is C8H16O2. The zero-order chi connectivity index (χ0) is 8.24. The molecule has 10 heavy (non-hydrogen) atoms. The highest BCUT2D eigenvalue weighted by Crippen LogP contribution is 1.78. The van der Waals surface area contributed by atoms with Crippen LogP contribution in [0.4, 0.5) is 0 Å². The quantitative estimate of drug-likeness (QED) is 0.482. The van der Waals surface area contributed by atoms with E-state index in [1.165, 1.54) is 6.08 Å². The molecule has 0 amide bonds. The SMILES string of the molecule is CC=CC=O.CCCCO. The molecule has 0 aliphatic heterocycles. The number of unbranched alkanes of at least 4 members (excludes halogenated alkanes) is 1. The molecule has 0 fully saturated rings. The summed E-state index contributed by atoms with van der Waals surface area (Å²) < 4.78 is 0. The first-order valence-electron chi connectivity index (χ1n) is 3.50. The number of aliphatic hydroxyl groups excluding tert-OH is 1. The normalized spacial score (nSPS) is 8.70. The molecule has 0 atom stereocenters. The molecule has 60 valence electrons. The van der Waals surface area contributed by atoms with Crippen LogP contribution in [0.1, 0.15) is 26.7 Å². The third-order valence-corrected chi connectivity index (χ3v) is 0.783. The zero-order valence-corrected chi connectivity index (χ0v) is 6.71. The fraction of sp³-hybridized carbons (Fsp3) is 0.625. The van der Waals surface area contributed by atoms with E-state index in [4.69, 9.17) is 5.11 Å². The first kappa shape index (κ1) is 12.1. The lowest BCUT2D eigenvalue weighted by Crippen LogP contribution is -1.75. The Balaban J connectivity index is 0. The van der Waals surface area contributed by atoms with E-state index >= 15 is 0 Å². The molecule has 0 heterocycles. The largest absolute Gasteiger partial charge is 0.396 e. The van der Waals surface area contributed by atoms with Gasteiger partial charge in [0.05, 0.1) is 0 Å². The molecule has 0 saturated heterocycles. The van der Waals surface area contributed by atoms with Crippen LogP contribution in [-0.4, -0.2) is 18.0 Å². The average molecular weight is 144 g/mol. The van der Waals surface area contributed by atoms with Crippen molar-refractivity contribution >= 4 is 6.29 Å². The first-order valence-corrected chi connectivity index (χ1v) is 3.50. The zero-order valence-electron chi connectivity index (χ0n) is 6.71.